The van der Waals surface area contributed by atoms with Gasteiger partial charge < -0.3 is 14.5 Å². The predicted molar refractivity (Wildman–Crippen MR) is 84.7 cm³/mol. The molecule has 0 saturated carbocycles. The molecule has 8 heteroatoms. The zero-order valence-electron chi connectivity index (χ0n) is 13.0. The topological polar surface area (TPSA) is 71.8 Å². The van der Waals surface area contributed by atoms with E-state index in [4.69, 9.17) is 9.15 Å². The lowest BCUT2D eigenvalue weighted by molar-refractivity contribution is 0.149. The average molecular weight is 383 g/mol. The molecule has 0 spiro atoms. The number of ether oxygens (including phenoxy) is 1. The smallest absolute Gasteiger partial charge is 0.247 e. The maximum absolute atomic E-state index is 12.6. The summed E-state index contributed by atoms with van der Waals surface area (Å²) in [6.45, 7) is 6.61. The Hall–Kier alpha value is -0.410. The standard InChI is InChI=1S/C13H23BrN2O4S/c1-9(2)15-7-11-6-12(13(14)20-11)21(17,18)16(4)10(3)8-19-5/h6,9-10,15H,7-8H2,1-5H3. The molecule has 0 aromatic carbocycles. The van der Waals surface area contributed by atoms with Crippen molar-refractivity contribution in [1.29, 1.82) is 0 Å². The van der Waals surface area contributed by atoms with E-state index >= 15 is 0 Å². The first-order valence-electron chi connectivity index (χ1n) is 6.68. The van der Waals surface area contributed by atoms with Crippen LogP contribution in [0.1, 0.15) is 26.5 Å². The molecule has 6 nitrogen and oxygen atoms in total. The Morgan fingerprint density at radius 1 is 1.43 bits per heavy atom. The Bertz CT molecular complexity index is 557. The van der Waals surface area contributed by atoms with Crippen molar-refractivity contribution in [2.75, 3.05) is 20.8 Å². The number of nitrogens with one attached hydrogen (secondary N) is 1. The van der Waals surface area contributed by atoms with E-state index in [0.29, 0.717) is 25.0 Å². The molecule has 21 heavy (non-hydrogen) atoms. The van der Waals surface area contributed by atoms with Gasteiger partial charge in [0.2, 0.25) is 10.0 Å². The molecule has 1 atom stereocenters. The third-order valence-corrected chi connectivity index (χ3v) is 5.91. The molecule has 0 fully saturated rings. The largest absolute Gasteiger partial charge is 0.452 e. The quantitative estimate of drug-likeness (QED) is 0.745. The van der Waals surface area contributed by atoms with E-state index in [-0.39, 0.29) is 15.6 Å². The molecular weight excluding hydrogens is 360 g/mol. The third-order valence-electron chi connectivity index (χ3n) is 3.08. The normalized spacial score (nSPS) is 14.1. The summed E-state index contributed by atoms with van der Waals surface area (Å²) in [6.07, 6.45) is 0. The number of methoxy groups -OCH3 is 1. The molecule has 122 valence electrons. The molecule has 1 aromatic rings. The van der Waals surface area contributed by atoms with E-state index in [9.17, 15) is 8.42 Å². The van der Waals surface area contributed by atoms with Crippen molar-refractivity contribution in [1.82, 2.24) is 9.62 Å². The van der Waals surface area contributed by atoms with Gasteiger partial charge in [-0.05, 0) is 22.9 Å². The number of likely N-dealkylation sites (N-methyl/N-ethyl adjacent to an activating group) is 1. The first-order chi connectivity index (χ1) is 9.70. The Kier molecular flexibility index (Phi) is 6.86. The van der Waals surface area contributed by atoms with Gasteiger partial charge in [-0.1, -0.05) is 13.8 Å². The van der Waals surface area contributed by atoms with E-state index in [0.717, 1.165) is 0 Å². The molecular formula is C13H23BrN2O4S. The van der Waals surface area contributed by atoms with Crippen molar-refractivity contribution in [3.63, 3.8) is 0 Å². The fourth-order valence-electron chi connectivity index (χ4n) is 1.70. The predicted octanol–water partition coefficient (Wildman–Crippen LogP) is 2.20. The molecule has 0 radical (unpaired) electrons. The van der Waals surface area contributed by atoms with Crippen molar-refractivity contribution < 1.29 is 17.6 Å². The second-order valence-corrected chi connectivity index (χ2v) is 7.90. The number of rotatable bonds is 8. The summed E-state index contributed by atoms with van der Waals surface area (Å²) >= 11 is 3.18. The lowest BCUT2D eigenvalue weighted by Gasteiger charge is -2.22. The van der Waals surface area contributed by atoms with Gasteiger partial charge in [0.25, 0.3) is 0 Å². The second-order valence-electron chi connectivity index (χ2n) is 5.21. The summed E-state index contributed by atoms with van der Waals surface area (Å²) in [5, 5.41) is 3.18. The number of hydrogen-bond donors (Lipinski definition) is 1. The Balaban J connectivity index is 2.98. The van der Waals surface area contributed by atoms with E-state index < -0.39 is 10.0 Å². The van der Waals surface area contributed by atoms with Crippen LogP contribution in [0.25, 0.3) is 0 Å². The maximum Gasteiger partial charge on any atom is 0.247 e. The molecule has 1 N–H and O–H groups in total. The summed E-state index contributed by atoms with van der Waals surface area (Å²) in [7, 11) is -0.550. The second kappa shape index (κ2) is 7.73. The number of furan rings is 1. The van der Waals surface area contributed by atoms with E-state index in [1.165, 1.54) is 11.4 Å². The summed E-state index contributed by atoms with van der Waals surface area (Å²) < 4.78 is 37.1. The molecule has 1 aromatic heterocycles. The zero-order valence-corrected chi connectivity index (χ0v) is 15.4. The van der Waals surface area contributed by atoms with Gasteiger partial charge in [-0.25, -0.2) is 8.42 Å². The summed E-state index contributed by atoms with van der Waals surface area (Å²) in [4.78, 5) is 0.133. The van der Waals surface area contributed by atoms with E-state index in [1.54, 1.807) is 20.1 Å². The van der Waals surface area contributed by atoms with Gasteiger partial charge in [-0.3, -0.25) is 0 Å². The summed E-state index contributed by atoms with van der Waals surface area (Å²) in [5.74, 6) is 0.571. The summed E-state index contributed by atoms with van der Waals surface area (Å²) in [6, 6.07) is 1.57. The fraction of sp³-hybridized carbons (Fsp3) is 0.692. The Labute approximate surface area is 135 Å². The van der Waals surface area contributed by atoms with Gasteiger partial charge in [-0.15, -0.1) is 0 Å². The van der Waals surface area contributed by atoms with Gasteiger partial charge in [0, 0.05) is 32.3 Å². The molecule has 1 heterocycles. The summed E-state index contributed by atoms with van der Waals surface area (Å²) in [5.41, 5.74) is 0. The lowest BCUT2D eigenvalue weighted by Crippen LogP contribution is -2.37. The minimum absolute atomic E-state index is 0.133. The van der Waals surface area contributed by atoms with E-state index in [2.05, 4.69) is 21.2 Å². The van der Waals surface area contributed by atoms with Crippen LogP contribution in [0.15, 0.2) is 20.0 Å². The lowest BCUT2D eigenvalue weighted by atomic mass is 10.3. The highest BCUT2D eigenvalue weighted by atomic mass is 79.9. The van der Waals surface area contributed by atoms with Crippen LogP contribution in [0.2, 0.25) is 0 Å². The van der Waals surface area contributed by atoms with Crippen molar-refractivity contribution >= 4 is 26.0 Å². The monoisotopic (exact) mass is 382 g/mol. The minimum Gasteiger partial charge on any atom is -0.452 e. The SMILES string of the molecule is COCC(C)N(C)S(=O)(=O)c1cc(CNC(C)C)oc1Br. The van der Waals surface area contributed by atoms with Crippen molar-refractivity contribution in [3.8, 4) is 0 Å². The number of sulfonamides is 1. The first kappa shape index (κ1) is 18.6. The number of hydrogen-bond acceptors (Lipinski definition) is 5. The fourth-order valence-corrected chi connectivity index (χ4v) is 4.01. The van der Waals surface area contributed by atoms with Gasteiger partial charge >= 0.3 is 0 Å². The molecule has 0 aliphatic rings. The molecule has 0 saturated heterocycles. The van der Waals surface area contributed by atoms with Gasteiger partial charge in [-0.2, -0.15) is 4.31 Å². The van der Waals surface area contributed by atoms with Crippen molar-refractivity contribution in [3.05, 3.63) is 16.5 Å². The van der Waals surface area contributed by atoms with Crippen LogP contribution in [-0.4, -0.2) is 45.6 Å². The van der Waals surface area contributed by atoms with Crippen molar-refractivity contribution in [2.24, 2.45) is 0 Å². The average Bonchev–Trinajstić information content (AvgIpc) is 2.77. The van der Waals surface area contributed by atoms with Crippen molar-refractivity contribution in [2.45, 2.75) is 44.3 Å². The molecule has 0 aliphatic carbocycles. The highest BCUT2D eigenvalue weighted by molar-refractivity contribution is 9.10. The third kappa shape index (κ3) is 4.79. The highest BCUT2D eigenvalue weighted by Crippen LogP contribution is 2.29. The van der Waals surface area contributed by atoms with Gasteiger partial charge in [0.05, 0.1) is 13.2 Å². The van der Waals surface area contributed by atoms with Crippen LogP contribution in [0.5, 0.6) is 0 Å². The molecule has 0 aliphatic heterocycles. The van der Waals surface area contributed by atoms with Crippen LogP contribution in [0.4, 0.5) is 0 Å². The number of halogens is 1. The first-order valence-corrected chi connectivity index (χ1v) is 8.92. The van der Waals surface area contributed by atoms with Gasteiger partial charge in [0.1, 0.15) is 10.7 Å². The maximum atomic E-state index is 12.6. The van der Waals surface area contributed by atoms with Crippen LogP contribution < -0.4 is 5.32 Å². The van der Waals surface area contributed by atoms with Crippen LogP contribution in [-0.2, 0) is 21.3 Å². The molecule has 1 rings (SSSR count). The Morgan fingerprint density at radius 2 is 2.05 bits per heavy atom. The van der Waals surface area contributed by atoms with Crippen LogP contribution in [0, 0.1) is 0 Å². The highest BCUT2D eigenvalue weighted by Gasteiger charge is 2.30. The van der Waals surface area contributed by atoms with Crippen LogP contribution >= 0.6 is 15.9 Å². The zero-order chi connectivity index (χ0) is 16.2. The minimum atomic E-state index is -3.62. The Morgan fingerprint density at radius 3 is 2.57 bits per heavy atom. The van der Waals surface area contributed by atoms with Crippen LogP contribution in [0.3, 0.4) is 0 Å². The number of nitrogens with zero attached hydrogens (tertiary/aromatic N) is 1. The molecule has 1 unspecified atom stereocenters. The molecule has 0 bridgehead atoms. The van der Waals surface area contributed by atoms with Gasteiger partial charge in [0.15, 0.2) is 4.67 Å². The van der Waals surface area contributed by atoms with E-state index in [1.807, 2.05) is 13.8 Å². The molecule has 0 amide bonds.